The average molecular weight is 292 g/mol. The molecule has 0 spiro atoms. The summed E-state index contributed by atoms with van der Waals surface area (Å²) < 4.78 is 1.77. The maximum Gasteiger partial charge on any atom is 0.225 e. The van der Waals surface area contributed by atoms with Gasteiger partial charge in [0.2, 0.25) is 5.91 Å². The quantitative estimate of drug-likeness (QED) is 0.858. The van der Waals surface area contributed by atoms with Crippen LogP contribution in [0, 0.1) is 13.8 Å². The molecule has 0 unspecified atom stereocenters. The molecule has 106 valence electrons. The molecule has 0 aliphatic rings. The summed E-state index contributed by atoms with van der Waals surface area (Å²) >= 11 is 5.60. The fourth-order valence-corrected chi connectivity index (χ4v) is 2.14. The molecule has 0 fully saturated rings. The van der Waals surface area contributed by atoms with Crippen molar-refractivity contribution in [2.24, 2.45) is 0 Å². The molecule has 1 N–H and O–H groups in total. The number of rotatable bonds is 5. The van der Waals surface area contributed by atoms with Gasteiger partial charge in [-0.2, -0.15) is 5.10 Å². The topological polar surface area (TPSA) is 46.9 Å². The number of nitrogens with zero attached hydrogens (tertiary/aromatic N) is 2. The maximum atomic E-state index is 11.8. The van der Waals surface area contributed by atoms with Crippen molar-refractivity contribution in [1.29, 1.82) is 0 Å². The third kappa shape index (κ3) is 3.39. The van der Waals surface area contributed by atoms with Gasteiger partial charge in [-0.3, -0.25) is 4.79 Å². The van der Waals surface area contributed by atoms with Gasteiger partial charge in [0.1, 0.15) is 5.82 Å². The summed E-state index contributed by atoms with van der Waals surface area (Å²) in [5.41, 5.74) is 2.93. The summed E-state index contributed by atoms with van der Waals surface area (Å²) in [5.74, 6) is 1.14. The van der Waals surface area contributed by atoms with Crippen LogP contribution in [0.3, 0.4) is 0 Å². The van der Waals surface area contributed by atoms with Crippen LogP contribution in [0.25, 0.3) is 5.69 Å². The van der Waals surface area contributed by atoms with E-state index >= 15 is 0 Å². The first-order chi connectivity index (χ1) is 9.61. The highest BCUT2D eigenvalue weighted by molar-refractivity contribution is 6.18. The molecule has 5 heteroatoms. The Labute approximate surface area is 123 Å². The molecule has 1 aromatic heterocycles. The number of aryl methyl sites for hydroxylation is 2. The van der Waals surface area contributed by atoms with Crippen LogP contribution >= 0.6 is 11.6 Å². The zero-order valence-electron chi connectivity index (χ0n) is 11.7. The second-order valence-corrected chi connectivity index (χ2v) is 5.09. The largest absolute Gasteiger partial charge is 0.311 e. The van der Waals surface area contributed by atoms with Crippen molar-refractivity contribution in [2.75, 3.05) is 11.2 Å². The van der Waals surface area contributed by atoms with E-state index in [4.69, 9.17) is 11.6 Å². The van der Waals surface area contributed by atoms with Crippen LogP contribution in [0.15, 0.2) is 30.3 Å². The lowest BCUT2D eigenvalue weighted by atomic mass is 10.2. The number of halogens is 1. The molecule has 0 saturated heterocycles. The van der Waals surface area contributed by atoms with E-state index in [2.05, 4.69) is 10.4 Å². The average Bonchev–Trinajstić information content (AvgIpc) is 2.77. The number of carbonyl (C=O) groups is 1. The Kier molecular flexibility index (Phi) is 4.79. The van der Waals surface area contributed by atoms with E-state index in [1.165, 1.54) is 0 Å². The second-order valence-electron chi connectivity index (χ2n) is 4.71. The van der Waals surface area contributed by atoms with Crippen LogP contribution in [-0.4, -0.2) is 21.6 Å². The maximum absolute atomic E-state index is 11.8. The SMILES string of the molecule is Cc1cc(NC(=O)CCCCl)n(-c2ccccc2C)n1. The fraction of sp³-hybridized carbons (Fsp3) is 0.333. The smallest absolute Gasteiger partial charge is 0.225 e. The van der Waals surface area contributed by atoms with Crippen molar-refractivity contribution in [2.45, 2.75) is 26.7 Å². The molecule has 0 aliphatic carbocycles. The van der Waals surface area contributed by atoms with E-state index in [1.54, 1.807) is 4.68 Å². The molecule has 0 saturated carbocycles. The van der Waals surface area contributed by atoms with Crippen LogP contribution in [0.1, 0.15) is 24.1 Å². The molecule has 2 rings (SSSR count). The van der Waals surface area contributed by atoms with Crippen molar-refractivity contribution in [3.8, 4) is 5.69 Å². The molecule has 0 bridgehead atoms. The molecule has 1 amide bonds. The summed E-state index contributed by atoms with van der Waals surface area (Å²) in [6.45, 7) is 3.93. The summed E-state index contributed by atoms with van der Waals surface area (Å²) in [6, 6.07) is 9.80. The summed E-state index contributed by atoms with van der Waals surface area (Å²) in [4.78, 5) is 11.8. The van der Waals surface area contributed by atoms with Gasteiger partial charge in [0.15, 0.2) is 0 Å². The predicted octanol–water partition coefficient (Wildman–Crippen LogP) is 3.45. The molecule has 4 nitrogen and oxygen atoms in total. The highest BCUT2D eigenvalue weighted by Crippen LogP contribution is 2.20. The molecule has 1 heterocycles. The van der Waals surface area contributed by atoms with E-state index in [-0.39, 0.29) is 5.91 Å². The number of aromatic nitrogens is 2. The number of carbonyl (C=O) groups excluding carboxylic acids is 1. The Hall–Kier alpha value is -1.81. The van der Waals surface area contributed by atoms with Gasteiger partial charge in [0.05, 0.1) is 11.4 Å². The van der Waals surface area contributed by atoms with Gasteiger partial charge in [-0.25, -0.2) is 4.68 Å². The number of hydrogen-bond acceptors (Lipinski definition) is 2. The van der Waals surface area contributed by atoms with E-state index in [1.807, 2.05) is 44.2 Å². The number of benzene rings is 1. The normalized spacial score (nSPS) is 10.6. The van der Waals surface area contributed by atoms with Gasteiger partial charge in [-0.15, -0.1) is 11.6 Å². The highest BCUT2D eigenvalue weighted by Gasteiger charge is 2.11. The van der Waals surface area contributed by atoms with Gasteiger partial charge >= 0.3 is 0 Å². The van der Waals surface area contributed by atoms with Gasteiger partial charge in [0.25, 0.3) is 0 Å². The first kappa shape index (κ1) is 14.6. The van der Waals surface area contributed by atoms with Crippen molar-refractivity contribution in [3.05, 3.63) is 41.6 Å². The third-order valence-electron chi connectivity index (χ3n) is 2.98. The summed E-state index contributed by atoms with van der Waals surface area (Å²) in [6.07, 6.45) is 1.09. The molecular weight excluding hydrogens is 274 g/mol. The first-order valence-electron chi connectivity index (χ1n) is 6.60. The Bertz CT molecular complexity index is 607. The lowest BCUT2D eigenvalue weighted by Gasteiger charge is -2.10. The van der Waals surface area contributed by atoms with E-state index in [0.29, 0.717) is 24.5 Å². The molecular formula is C15H18ClN3O. The van der Waals surface area contributed by atoms with Crippen LogP contribution < -0.4 is 5.32 Å². The molecule has 0 aliphatic heterocycles. The van der Waals surface area contributed by atoms with Gasteiger partial charge in [0, 0.05) is 18.4 Å². The van der Waals surface area contributed by atoms with E-state index in [0.717, 1.165) is 16.9 Å². The number of hydrogen-bond donors (Lipinski definition) is 1. The Balaban J connectivity index is 2.27. The minimum atomic E-state index is -0.0413. The Morgan fingerprint density at radius 2 is 2.10 bits per heavy atom. The zero-order chi connectivity index (χ0) is 14.5. The van der Waals surface area contributed by atoms with Crippen molar-refractivity contribution >= 4 is 23.3 Å². The number of amides is 1. The van der Waals surface area contributed by atoms with Gasteiger partial charge in [-0.1, -0.05) is 18.2 Å². The summed E-state index contributed by atoms with van der Waals surface area (Å²) in [5, 5.41) is 7.35. The predicted molar refractivity (Wildman–Crippen MR) is 81.6 cm³/mol. The number of alkyl halides is 1. The molecule has 1 aromatic carbocycles. The zero-order valence-corrected chi connectivity index (χ0v) is 12.4. The number of anilines is 1. The van der Waals surface area contributed by atoms with Crippen LogP contribution in [-0.2, 0) is 4.79 Å². The Morgan fingerprint density at radius 1 is 1.35 bits per heavy atom. The van der Waals surface area contributed by atoms with Gasteiger partial charge in [-0.05, 0) is 31.9 Å². The number of nitrogens with one attached hydrogen (secondary N) is 1. The lowest BCUT2D eigenvalue weighted by molar-refractivity contribution is -0.116. The van der Waals surface area contributed by atoms with Crippen LogP contribution in [0.2, 0.25) is 0 Å². The van der Waals surface area contributed by atoms with E-state index in [9.17, 15) is 4.79 Å². The fourth-order valence-electron chi connectivity index (χ4n) is 2.01. The lowest BCUT2D eigenvalue weighted by Crippen LogP contribution is -2.15. The molecule has 0 atom stereocenters. The molecule has 20 heavy (non-hydrogen) atoms. The van der Waals surface area contributed by atoms with E-state index < -0.39 is 0 Å². The molecule has 0 radical (unpaired) electrons. The summed E-state index contributed by atoms with van der Waals surface area (Å²) in [7, 11) is 0. The van der Waals surface area contributed by atoms with Crippen molar-refractivity contribution in [1.82, 2.24) is 9.78 Å². The monoisotopic (exact) mass is 291 g/mol. The van der Waals surface area contributed by atoms with Gasteiger partial charge < -0.3 is 5.32 Å². The van der Waals surface area contributed by atoms with Crippen LogP contribution in [0.4, 0.5) is 5.82 Å². The first-order valence-corrected chi connectivity index (χ1v) is 7.13. The Morgan fingerprint density at radius 3 is 2.80 bits per heavy atom. The second kappa shape index (κ2) is 6.57. The molecule has 2 aromatic rings. The standard InChI is InChI=1S/C15H18ClN3O/c1-11-6-3-4-7-13(11)19-14(10-12(2)18-19)17-15(20)8-5-9-16/h3-4,6-7,10H,5,8-9H2,1-2H3,(H,17,20). The minimum Gasteiger partial charge on any atom is -0.311 e. The third-order valence-corrected chi connectivity index (χ3v) is 3.25. The van der Waals surface area contributed by atoms with Crippen molar-refractivity contribution < 1.29 is 4.79 Å². The van der Waals surface area contributed by atoms with Crippen LogP contribution in [0.5, 0.6) is 0 Å². The number of para-hydroxylation sites is 1. The minimum absolute atomic E-state index is 0.0413. The highest BCUT2D eigenvalue weighted by atomic mass is 35.5. The van der Waals surface area contributed by atoms with Crippen molar-refractivity contribution in [3.63, 3.8) is 0 Å².